The third kappa shape index (κ3) is 2.91. The summed E-state index contributed by atoms with van der Waals surface area (Å²) in [7, 11) is 0. The third-order valence-electron chi connectivity index (χ3n) is 2.52. The van der Waals surface area contributed by atoms with Gasteiger partial charge in [0.15, 0.2) is 5.82 Å². The standard InChI is InChI=1S/C12H13BrClN3O/c1-2-3-10-16-12(17-18-10)11(15)8-6-7(14)4-5-9(8)13/h4-6,11H,2-3,15H2,1H3. The molecule has 2 rings (SSSR count). The summed E-state index contributed by atoms with van der Waals surface area (Å²) < 4.78 is 6.00. The molecule has 0 saturated heterocycles. The zero-order valence-corrected chi connectivity index (χ0v) is 12.2. The Morgan fingerprint density at radius 2 is 2.28 bits per heavy atom. The molecule has 1 atom stereocenters. The Hall–Kier alpha value is -0.910. The number of rotatable bonds is 4. The number of nitrogens with zero attached hydrogens (tertiary/aromatic N) is 2. The highest BCUT2D eigenvalue weighted by atomic mass is 79.9. The molecular formula is C12H13BrClN3O. The Morgan fingerprint density at radius 3 is 3.00 bits per heavy atom. The van der Waals surface area contributed by atoms with Crippen molar-refractivity contribution in [2.45, 2.75) is 25.8 Å². The fourth-order valence-electron chi connectivity index (χ4n) is 1.60. The van der Waals surface area contributed by atoms with Gasteiger partial charge in [0.25, 0.3) is 0 Å². The highest BCUT2D eigenvalue weighted by Crippen LogP contribution is 2.28. The van der Waals surface area contributed by atoms with Gasteiger partial charge in [-0.1, -0.05) is 39.6 Å². The molecule has 1 heterocycles. The van der Waals surface area contributed by atoms with Gasteiger partial charge in [0.2, 0.25) is 5.89 Å². The van der Waals surface area contributed by atoms with Crippen LogP contribution in [0.4, 0.5) is 0 Å². The molecule has 0 saturated carbocycles. The average molecular weight is 331 g/mol. The molecule has 0 aliphatic carbocycles. The Bertz CT molecular complexity index is 544. The van der Waals surface area contributed by atoms with Crippen molar-refractivity contribution in [1.82, 2.24) is 10.1 Å². The molecule has 18 heavy (non-hydrogen) atoms. The van der Waals surface area contributed by atoms with Crippen molar-refractivity contribution in [3.8, 4) is 0 Å². The summed E-state index contributed by atoms with van der Waals surface area (Å²) in [5.74, 6) is 1.09. The lowest BCUT2D eigenvalue weighted by Gasteiger charge is -2.10. The van der Waals surface area contributed by atoms with Crippen LogP contribution in [-0.2, 0) is 6.42 Å². The van der Waals surface area contributed by atoms with Crippen molar-refractivity contribution in [3.05, 3.63) is 45.0 Å². The Balaban J connectivity index is 2.29. The molecular weight excluding hydrogens is 318 g/mol. The third-order valence-corrected chi connectivity index (χ3v) is 3.48. The zero-order chi connectivity index (χ0) is 13.1. The second-order valence-electron chi connectivity index (χ2n) is 3.94. The number of halogens is 2. The summed E-state index contributed by atoms with van der Waals surface area (Å²) in [6, 6.07) is 4.99. The molecule has 6 heteroatoms. The van der Waals surface area contributed by atoms with Crippen molar-refractivity contribution >= 4 is 27.5 Å². The van der Waals surface area contributed by atoms with Crippen LogP contribution in [0.25, 0.3) is 0 Å². The van der Waals surface area contributed by atoms with Gasteiger partial charge in [0.1, 0.15) is 0 Å². The van der Waals surface area contributed by atoms with Crippen LogP contribution in [0.1, 0.15) is 36.7 Å². The SMILES string of the molecule is CCCc1nc(C(N)c2cc(Cl)ccc2Br)no1. The van der Waals surface area contributed by atoms with Crippen LogP contribution in [0.5, 0.6) is 0 Å². The van der Waals surface area contributed by atoms with Gasteiger partial charge in [-0.25, -0.2) is 0 Å². The van der Waals surface area contributed by atoms with Gasteiger partial charge >= 0.3 is 0 Å². The first kappa shape index (κ1) is 13.5. The molecule has 1 unspecified atom stereocenters. The van der Waals surface area contributed by atoms with Crippen LogP contribution in [0.15, 0.2) is 27.2 Å². The maximum absolute atomic E-state index is 6.12. The van der Waals surface area contributed by atoms with Crippen LogP contribution in [0.2, 0.25) is 5.02 Å². The minimum absolute atomic E-state index is 0.451. The molecule has 0 aliphatic rings. The molecule has 96 valence electrons. The lowest BCUT2D eigenvalue weighted by Crippen LogP contribution is -2.14. The van der Waals surface area contributed by atoms with Gasteiger partial charge in [-0.3, -0.25) is 0 Å². The predicted molar refractivity (Wildman–Crippen MR) is 73.5 cm³/mol. The molecule has 2 aromatic rings. The predicted octanol–water partition coefficient (Wildman–Crippen LogP) is 3.49. The minimum Gasteiger partial charge on any atom is -0.339 e. The number of hydrogen-bond donors (Lipinski definition) is 1. The van der Waals surface area contributed by atoms with Crippen LogP contribution < -0.4 is 5.73 Å². The van der Waals surface area contributed by atoms with Crippen LogP contribution in [0.3, 0.4) is 0 Å². The largest absolute Gasteiger partial charge is 0.339 e. The monoisotopic (exact) mass is 329 g/mol. The highest BCUT2D eigenvalue weighted by molar-refractivity contribution is 9.10. The number of aryl methyl sites for hydroxylation is 1. The van der Waals surface area contributed by atoms with E-state index in [1.54, 1.807) is 12.1 Å². The highest BCUT2D eigenvalue weighted by Gasteiger charge is 2.18. The maximum Gasteiger partial charge on any atom is 0.226 e. The Kier molecular flexibility index (Phi) is 4.37. The summed E-state index contributed by atoms with van der Waals surface area (Å²) >= 11 is 9.40. The van der Waals surface area contributed by atoms with E-state index < -0.39 is 6.04 Å². The van der Waals surface area contributed by atoms with Crippen LogP contribution >= 0.6 is 27.5 Å². The van der Waals surface area contributed by atoms with Crippen molar-refractivity contribution in [2.24, 2.45) is 5.73 Å². The van der Waals surface area contributed by atoms with Gasteiger partial charge < -0.3 is 10.3 Å². The van der Waals surface area contributed by atoms with Crippen molar-refractivity contribution in [1.29, 1.82) is 0 Å². The number of nitrogens with two attached hydrogens (primary N) is 1. The molecule has 0 spiro atoms. The average Bonchev–Trinajstić information content (AvgIpc) is 2.80. The van der Waals surface area contributed by atoms with E-state index in [9.17, 15) is 0 Å². The summed E-state index contributed by atoms with van der Waals surface area (Å²) in [6.07, 6.45) is 1.72. The van der Waals surface area contributed by atoms with Crippen molar-refractivity contribution in [3.63, 3.8) is 0 Å². The quantitative estimate of drug-likeness (QED) is 0.932. The van der Waals surface area contributed by atoms with E-state index in [4.69, 9.17) is 21.9 Å². The van der Waals surface area contributed by atoms with Crippen LogP contribution in [0, 0.1) is 0 Å². The summed E-state index contributed by atoms with van der Waals surface area (Å²) in [4.78, 5) is 4.28. The molecule has 1 aromatic heterocycles. The van der Waals surface area contributed by atoms with E-state index >= 15 is 0 Å². The number of hydrogen-bond acceptors (Lipinski definition) is 4. The lowest BCUT2D eigenvalue weighted by atomic mass is 10.1. The number of aromatic nitrogens is 2. The summed E-state index contributed by atoms with van der Waals surface area (Å²) in [5.41, 5.74) is 6.96. The summed E-state index contributed by atoms with van der Waals surface area (Å²) in [6.45, 7) is 2.05. The van der Waals surface area contributed by atoms with Crippen molar-refractivity contribution in [2.75, 3.05) is 0 Å². The first-order valence-electron chi connectivity index (χ1n) is 5.64. The van der Waals surface area contributed by atoms with Gasteiger partial charge in [0, 0.05) is 15.9 Å². The zero-order valence-electron chi connectivity index (χ0n) is 9.86. The maximum atomic E-state index is 6.12. The minimum atomic E-state index is -0.451. The van der Waals surface area contributed by atoms with Crippen LogP contribution in [-0.4, -0.2) is 10.1 Å². The molecule has 4 nitrogen and oxygen atoms in total. The van der Waals surface area contributed by atoms with Gasteiger partial charge in [-0.15, -0.1) is 0 Å². The first-order chi connectivity index (χ1) is 8.61. The Morgan fingerprint density at radius 1 is 1.50 bits per heavy atom. The lowest BCUT2D eigenvalue weighted by molar-refractivity contribution is 0.370. The van der Waals surface area contributed by atoms with Crippen molar-refractivity contribution < 1.29 is 4.52 Å². The fourth-order valence-corrected chi connectivity index (χ4v) is 2.28. The Labute approximate surface area is 119 Å². The topological polar surface area (TPSA) is 64.9 Å². The first-order valence-corrected chi connectivity index (χ1v) is 6.82. The molecule has 0 fully saturated rings. The van der Waals surface area contributed by atoms with Gasteiger partial charge in [-0.05, 0) is 30.2 Å². The van der Waals surface area contributed by atoms with E-state index in [0.717, 1.165) is 22.9 Å². The molecule has 1 aromatic carbocycles. The number of benzene rings is 1. The molecule has 0 aliphatic heterocycles. The second kappa shape index (κ2) is 5.82. The molecule has 0 amide bonds. The fraction of sp³-hybridized carbons (Fsp3) is 0.333. The molecule has 2 N–H and O–H groups in total. The molecule has 0 radical (unpaired) electrons. The van der Waals surface area contributed by atoms with Gasteiger partial charge in [0.05, 0.1) is 6.04 Å². The van der Waals surface area contributed by atoms with E-state index in [2.05, 4.69) is 33.0 Å². The smallest absolute Gasteiger partial charge is 0.226 e. The van der Waals surface area contributed by atoms with Gasteiger partial charge in [-0.2, -0.15) is 4.98 Å². The van der Waals surface area contributed by atoms with E-state index in [0.29, 0.717) is 16.7 Å². The van der Waals surface area contributed by atoms with E-state index in [1.165, 1.54) is 0 Å². The summed E-state index contributed by atoms with van der Waals surface area (Å²) in [5, 5.41) is 4.53. The van der Waals surface area contributed by atoms with E-state index in [1.807, 2.05) is 6.07 Å². The second-order valence-corrected chi connectivity index (χ2v) is 5.23. The van der Waals surface area contributed by atoms with E-state index in [-0.39, 0.29) is 0 Å². The normalized spacial score (nSPS) is 12.7. The molecule has 0 bridgehead atoms.